The Bertz CT molecular complexity index is 314. The molecule has 0 aliphatic heterocycles. The van der Waals surface area contributed by atoms with Crippen molar-refractivity contribution in [2.75, 3.05) is 0 Å². The van der Waals surface area contributed by atoms with Gasteiger partial charge in [0, 0.05) is 18.5 Å². The number of carbonyl (C=O) groups excluding carboxylic acids is 1. The molecule has 20 heavy (non-hydrogen) atoms. The van der Waals surface area contributed by atoms with Crippen molar-refractivity contribution in [3.63, 3.8) is 0 Å². The van der Waals surface area contributed by atoms with Crippen molar-refractivity contribution < 1.29 is 14.7 Å². The third-order valence-electron chi connectivity index (χ3n) is 4.12. The molecule has 3 N–H and O–H groups in total. The third kappa shape index (κ3) is 6.78. The van der Waals surface area contributed by atoms with E-state index in [1.54, 1.807) is 0 Å². The minimum atomic E-state index is -0.785. The lowest BCUT2D eigenvalue weighted by atomic mass is 9.85. The predicted octanol–water partition coefficient (Wildman–Crippen LogP) is 2.90. The van der Waals surface area contributed by atoms with Gasteiger partial charge in [0.1, 0.15) is 0 Å². The molecule has 0 aromatic heterocycles. The summed E-state index contributed by atoms with van der Waals surface area (Å²) in [4.78, 5) is 22.3. The van der Waals surface area contributed by atoms with Crippen LogP contribution in [0, 0.1) is 5.92 Å². The Morgan fingerprint density at radius 1 is 1.15 bits per heavy atom. The molecule has 1 rings (SSSR count). The van der Waals surface area contributed by atoms with Gasteiger partial charge in [0.15, 0.2) is 0 Å². The van der Waals surface area contributed by atoms with Gasteiger partial charge in [0.05, 0.1) is 0 Å². The summed E-state index contributed by atoms with van der Waals surface area (Å²) >= 11 is 0. The summed E-state index contributed by atoms with van der Waals surface area (Å²) in [6.45, 7) is 3.98. The Balaban J connectivity index is 2.19. The van der Waals surface area contributed by atoms with Crippen molar-refractivity contribution in [1.29, 1.82) is 0 Å². The van der Waals surface area contributed by atoms with Gasteiger partial charge in [-0.1, -0.05) is 19.3 Å². The Morgan fingerprint density at radius 2 is 1.80 bits per heavy atom. The molecule has 1 fully saturated rings. The zero-order valence-corrected chi connectivity index (χ0v) is 12.7. The lowest BCUT2D eigenvalue weighted by molar-refractivity contribution is -0.137. The standard InChI is InChI=1S/C15H28N2O3/c1-11(7-6-10-14(18)19)16-15(20)17-12(2)13-8-4-3-5-9-13/h11-13H,3-10H2,1-2H3,(H,18,19)(H2,16,17,20). The molecule has 1 aliphatic rings. The van der Waals surface area contributed by atoms with E-state index in [1.165, 1.54) is 32.1 Å². The molecule has 0 bridgehead atoms. The van der Waals surface area contributed by atoms with Crippen LogP contribution in [0.4, 0.5) is 4.79 Å². The van der Waals surface area contributed by atoms with Crippen LogP contribution in [0.3, 0.4) is 0 Å². The second kappa shape index (κ2) is 8.82. The highest BCUT2D eigenvalue weighted by Crippen LogP contribution is 2.26. The molecular weight excluding hydrogens is 256 g/mol. The lowest BCUT2D eigenvalue weighted by Gasteiger charge is -2.28. The van der Waals surface area contributed by atoms with Crippen molar-refractivity contribution in [2.45, 2.75) is 77.3 Å². The SMILES string of the molecule is CC(CCCC(=O)O)NC(=O)NC(C)C1CCCCC1. The van der Waals surface area contributed by atoms with Crippen molar-refractivity contribution in [1.82, 2.24) is 10.6 Å². The number of aliphatic carboxylic acids is 1. The highest BCUT2D eigenvalue weighted by Gasteiger charge is 2.21. The number of amides is 2. The van der Waals surface area contributed by atoms with E-state index in [2.05, 4.69) is 17.6 Å². The van der Waals surface area contributed by atoms with Crippen LogP contribution in [0.15, 0.2) is 0 Å². The van der Waals surface area contributed by atoms with E-state index in [0.29, 0.717) is 18.8 Å². The molecule has 0 heterocycles. The maximum Gasteiger partial charge on any atom is 0.315 e. The van der Waals surface area contributed by atoms with E-state index < -0.39 is 5.97 Å². The zero-order valence-electron chi connectivity index (χ0n) is 12.7. The molecule has 116 valence electrons. The van der Waals surface area contributed by atoms with E-state index in [1.807, 2.05) is 6.92 Å². The second-order valence-electron chi connectivity index (χ2n) is 5.99. The summed E-state index contributed by atoms with van der Waals surface area (Å²) < 4.78 is 0. The first-order valence-electron chi connectivity index (χ1n) is 7.78. The molecule has 0 aromatic carbocycles. The number of carbonyl (C=O) groups is 2. The Kier molecular flexibility index (Phi) is 7.41. The average Bonchev–Trinajstić information content (AvgIpc) is 2.38. The van der Waals surface area contributed by atoms with Gasteiger partial charge in [-0.3, -0.25) is 4.79 Å². The van der Waals surface area contributed by atoms with Crippen LogP contribution < -0.4 is 10.6 Å². The fraction of sp³-hybridized carbons (Fsp3) is 0.867. The van der Waals surface area contributed by atoms with E-state index in [0.717, 1.165) is 0 Å². The van der Waals surface area contributed by atoms with Crippen LogP contribution in [0.2, 0.25) is 0 Å². The van der Waals surface area contributed by atoms with Crippen LogP contribution in [-0.4, -0.2) is 29.2 Å². The average molecular weight is 284 g/mol. The Morgan fingerprint density at radius 3 is 2.40 bits per heavy atom. The van der Waals surface area contributed by atoms with Crippen molar-refractivity contribution in [3.8, 4) is 0 Å². The first-order chi connectivity index (χ1) is 9.49. The number of carboxylic acid groups (broad SMARTS) is 1. The van der Waals surface area contributed by atoms with Gasteiger partial charge in [-0.2, -0.15) is 0 Å². The van der Waals surface area contributed by atoms with Gasteiger partial charge in [0.2, 0.25) is 0 Å². The van der Waals surface area contributed by atoms with Crippen LogP contribution in [0.1, 0.15) is 65.2 Å². The largest absolute Gasteiger partial charge is 0.481 e. The van der Waals surface area contributed by atoms with Gasteiger partial charge in [0.25, 0.3) is 0 Å². The zero-order chi connectivity index (χ0) is 15.0. The number of carboxylic acids is 1. The number of hydrogen-bond acceptors (Lipinski definition) is 2. The molecule has 5 heteroatoms. The Hall–Kier alpha value is -1.26. The molecular formula is C15H28N2O3. The van der Waals surface area contributed by atoms with Crippen LogP contribution in [0.25, 0.3) is 0 Å². The fourth-order valence-electron chi connectivity index (χ4n) is 2.86. The van der Waals surface area contributed by atoms with Gasteiger partial charge in [-0.05, 0) is 45.4 Å². The molecule has 1 saturated carbocycles. The third-order valence-corrected chi connectivity index (χ3v) is 4.12. The number of rotatable bonds is 7. The van der Waals surface area contributed by atoms with E-state index >= 15 is 0 Å². The molecule has 0 spiro atoms. The highest BCUT2D eigenvalue weighted by atomic mass is 16.4. The molecule has 0 radical (unpaired) electrons. The minimum Gasteiger partial charge on any atom is -0.481 e. The predicted molar refractivity (Wildman–Crippen MR) is 78.7 cm³/mol. The first kappa shape index (κ1) is 16.8. The van der Waals surface area contributed by atoms with Crippen LogP contribution >= 0.6 is 0 Å². The fourth-order valence-corrected chi connectivity index (χ4v) is 2.86. The maximum absolute atomic E-state index is 11.9. The number of urea groups is 1. The summed E-state index contributed by atoms with van der Waals surface area (Å²) in [6.07, 6.45) is 7.70. The molecule has 5 nitrogen and oxygen atoms in total. The summed E-state index contributed by atoms with van der Waals surface area (Å²) in [5.41, 5.74) is 0. The van der Waals surface area contributed by atoms with Gasteiger partial charge >= 0.3 is 12.0 Å². The quantitative estimate of drug-likeness (QED) is 0.672. The van der Waals surface area contributed by atoms with Crippen LogP contribution in [0.5, 0.6) is 0 Å². The van der Waals surface area contributed by atoms with Gasteiger partial charge < -0.3 is 15.7 Å². The van der Waals surface area contributed by atoms with Crippen molar-refractivity contribution in [2.24, 2.45) is 5.92 Å². The smallest absolute Gasteiger partial charge is 0.315 e. The van der Waals surface area contributed by atoms with Gasteiger partial charge in [-0.15, -0.1) is 0 Å². The van der Waals surface area contributed by atoms with Gasteiger partial charge in [-0.25, -0.2) is 4.79 Å². The first-order valence-corrected chi connectivity index (χ1v) is 7.78. The topological polar surface area (TPSA) is 78.4 Å². The minimum absolute atomic E-state index is 0.00732. The molecule has 0 aromatic rings. The summed E-state index contributed by atoms with van der Waals surface area (Å²) in [6, 6.07) is 0.0836. The lowest BCUT2D eigenvalue weighted by Crippen LogP contribution is -2.47. The molecule has 2 atom stereocenters. The molecule has 2 unspecified atom stereocenters. The monoisotopic (exact) mass is 284 g/mol. The summed E-state index contributed by atoms with van der Waals surface area (Å²) in [5.74, 6) is -0.190. The normalized spacial score (nSPS) is 19.1. The van der Waals surface area contributed by atoms with Crippen LogP contribution in [-0.2, 0) is 4.79 Å². The molecule has 0 saturated heterocycles. The number of hydrogen-bond donors (Lipinski definition) is 3. The second-order valence-corrected chi connectivity index (χ2v) is 5.99. The highest BCUT2D eigenvalue weighted by molar-refractivity contribution is 5.74. The summed E-state index contributed by atoms with van der Waals surface area (Å²) in [5, 5.41) is 14.5. The van der Waals surface area contributed by atoms with Crippen molar-refractivity contribution in [3.05, 3.63) is 0 Å². The summed E-state index contributed by atoms with van der Waals surface area (Å²) in [7, 11) is 0. The van der Waals surface area contributed by atoms with Crippen molar-refractivity contribution >= 4 is 12.0 Å². The van der Waals surface area contributed by atoms with E-state index in [-0.39, 0.29) is 24.5 Å². The maximum atomic E-state index is 11.9. The molecule has 1 aliphatic carbocycles. The van der Waals surface area contributed by atoms with E-state index in [4.69, 9.17) is 5.11 Å². The van der Waals surface area contributed by atoms with E-state index in [9.17, 15) is 9.59 Å². The number of nitrogens with one attached hydrogen (secondary N) is 2. The molecule has 2 amide bonds. The Labute approximate surface area is 121 Å².